The minimum atomic E-state index is -0.415. The predicted octanol–water partition coefficient (Wildman–Crippen LogP) is 4.06. The molecule has 2 N–H and O–H groups in total. The summed E-state index contributed by atoms with van der Waals surface area (Å²) in [6.45, 7) is 3.26. The van der Waals surface area contributed by atoms with Gasteiger partial charge in [-0.05, 0) is 69.3 Å². The molecule has 0 unspecified atom stereocenters. The van der Waals surface area contributed by atoms with Crippen molar-refractivity contribution in [1.29, 1.82) is 0 Å². The number of para-hydroxylation sites is 1. The molecule has 0 radical (unpaired) electrons. The lowest BCUT2D eigenvalue weighted by Gasteiger charge is -2.42. The van der Waals surface area contributed by atoms with Crippen LogP contribution < -0.4 is 20.3 Å². The van der Waals surface area contributed by atoms with Crippen LogP contribution in [-0.2, 0) is 0 Å². The standard InChI is InChI=1S/C30H33FN8O2/c1-32-17-22-19-38(16-15-37(22)2)29-24(35-30(40)25-12-14-39(36-25)21-11-13-33-34-18-21)9-10-27(28(29)20-7-8-20)41-26-6-4-3-5-23(26)31/h3-6,9-14,18,20,22,32H,7-8,15-17,19H2,1-2H3,(H,35,40)/t22-/m0/s1. The van der Waals surface area contributed by atoms with E-state index in [1.54, 1.807) is 53.6 Å². The second-order valence-corrected chi connectivity index (χ2v) is 10.5. The Morgan fingerprint density at radius 1 is 1.07 bits per heavy atom. The van der Waals surface area contributed by atoms with Crippen LogP contribution in [0.25, 0.3) is 5.69 Å². The Balaban J connectivity index is 1.37. The molecule has 11 heteroatoms. The lowest BCUT2D eigenvalue weighted by Crippen LogP contribution is -2.55. The normalized spacial score (nSPS) is 17.4. The number of carbonyl (C=O) groups excluding carboxylic acids is 1. The largest absolute Gasteiger partial charge is 0.454 e. The highest BCUT2D eigenvalue weighted by Crippen LogP contribution is 2.52. The molecule has 4 aromatic rings. The number of hydrogen-bond donors (Lipinski definition) is 2. The lowest BCUT2D eigenvalue weighted by atomic mass is 10.0. The molecule has 1 saturated heterocycles. The number of halogens is 1. The maximum atomic E-state index is 14.6. The Bertz CT molecular complexity index is 1520. The third-order valence-corrected chi connectivity index (χ3v) is 7.66. The van der Waals surface area contributed by atoms with Gasteiger partial charge in [0, 0.05) is 44.0 Å². The van der Waals surface area contributed by atoms with Gasteiger partial charge in [-0.2, -0.15) is 15.3 Å². The van der Waals surface area contributed by atoms with E-state index in [1.165, 1.54) is 6.07 Å². The molecule has 6 rings (SSSR count). The van der Waals surface area contributed by atoms with Crippen LogP contribution in [0.3, 0.4) is 0 Å². The summed E-state index contributed by atoms with van der Waals surface area (Å²) in [6.07, 6.45) is 6.89. The molecule has 2 aromatic heterocycles. The van der Waals surface area contributed by atoms with E-state index >= 15 is 0 Å². The highest BCUT2D eigenvalue weighted by Gasteiger charge is 2.36. The van der Waals surface area contributed by atoms with Gasteiger partial charge in [0.25, 0.3) is 5.91 Å². The van der Waals surface area contributed by atoms with E-state index < -0.39 is 5.82 Å². The zero-order valence-corrected chi connectivity index (χ0v) is 23.1. The van der Waals surface area contributed by atoms with Crippen LogP contribution in [0.1, 0.15) is 34.8 Å². The molecule has 1 atom stereocenters. The van der Waals surface area contributed by atoms with Crippen molar-refractivity contribution < 1.29 is 13.9 Å². The predicted molar refractivity (Wildman–Crippen MR) is 155 cm³/mol. The van der Waals surface area contributed by atoms with Crippen molar-refractivity contribution in [2.75, 3.05) is 50.5 Å². The minimum absolute atomic E-state index is 0.180. The monoisotopic (exact) mass is 556 g/mol. The first-order chi connectivity index (χ1) is 20.0. The van der Waals surface area contributed by atoms with Crippen molar-refractivity contribution in [3.05, 3.63) is 84.2 Å². The number of likely N-dealkylation sites (N-methyl/N-ethyl adjacent to an activating group) is 2. The average Bonchev–Trinajstić information content (AvgIpc) is 3.71. The molecule has 2 fully saturated rings. The number of nitrogens with zero attached hydrogens (tertiary/aromatic N) is 6. The van der Waals surface area contributed by atoms with Crippen molar-refractivity contribution in [1.82, 2.24) is 30.2 Å². The van der Waals surface area contributed by atoms with Crippen LogP contribution in [-0.4, -0.2) is 77.1 Å². The molecule has 41 heavy (non-hydrogen) atoms. The maximum Gasteiger partial charge on any atom is 0.276 e. The summed E-state index contributed by atoms with van der Waals surface area (Å²) in [4.78, 5) is 18.2. The molecule has 1 amide bonds. The van der Waals surface area contributed by atoms with Crippen molar-refractivity contribution in [2.45, 2.75) is 24.8 Å². The van der Waals surface area contributed by atoms with Gasteiger partial charge in [0.05, 0.1) is 29.5 Å². The number of ether oxygens (including phenoxy) is 1. The summed E-state index contributed by atoms with van der Waals surface area (Å²) in [5, 5.41) is 18.6. The van der Waals surface area contributed by atoms with E-state index in [9.17, 15) is 9.18 Å². The first kappa shape index (κ1) is 26.9. The van der Waals surface area contributed by atoms with Crippen molar-refractivity contribution in [2.24, 2.45) is 0 Å². The van der Waals surface area contributed by atoms with Gasteiger partial charge in [-0.3, -0.25) is 9.69 Å². The number of aromatic nitrogens is 4. The van der Waals surface area contributed by atoms with Gasteiger partial charge in [-0.25, -0.2) is 9.07 Å². The molecule has 1 aliphatic carbocycles. The quantitative estimate of drug-likeness (QED) is 0.318. The first-order valence-electron chi connectivity index (χ1n) is 13.8. The van der Waals surface area contributed by atoms with E-state index in [0.29, 0.717) is 17.1 Å². The Labute approximate surface area is 238 Å². The van der Waals surface area contributed by atoms with Crippen molar-refractivity contribution in [3.63, 3.8) is 0 Å². The molecule has 212 valence electrons. The van der Waals surface area contributed by atoms with Crippen molar-refractivity contribution >= 4 is 17.3 Å². The molecular formula is C30H33FN8O2. The summed E-state index contributed by atoms with van der Waals surface area (Å²) in [6, 6.07) is 13.8. The van der Waals surface area contributed by atoms with Gasteiger partial charge in [0.15, 0.2) is 17.3 Å². The second kappa shape index (κ2) is 11.6. The SMILES string of the molecule is CNC[C@H]1CN(c2c(NC(=O)c3ccn(-c4ccnnc4)n3)ccc(Oc3ccccc3F)c2C2CC2)CCN1C. The highest BCUT2D eigenvalue weighted by atomic mass is 19.1. The maximum absolute atomic E-state index is 14.6. The van der Waals surface area contributed by atoms with E-state index in [0.717, 1.165) is 50.3 Å². The second-order valence-electron chi connectivity index (χ2n) is 10.5. The fourth-order valence-electron chi connectivity index (χ4n) is 5.33. The van der Waals surface area contributed by atoms with Crippen LogP contribution in [0.4, 0.5) is 15.8 Å². The Morgan fingerprint density at radius 3 is 2.68 bits per heavy atom. The minimum Gasteiger partial charge on any atom is -0.454 e. The fraction of sp³-hybridized carbons (Fsp3) is 0.333. The Hall–Kier alpha value is -4.35. The molecular weight excluding hydrogens is 523 g/mol. The summed E-state index contributed by atoms with van der Waals surface area (Å²) in [7, 11) is 4.09. The number of nitrogens with one attached hydrogen (secondary N) is 2. The van der Waals surface area contributed by atoms with Gasteiger partial charge in [-0.15, -0.1) is 0 Å². The van der Waals surface area contributed by atoms with E-state index in [2.05, 4.69) is 42.8 Å². The summed E-state index contributed by atoms with van der Waals surface area (Å²) < 4.78 is 22.4. The number of carbonyl (C=O) groups is 1. The zero-order chi connectivity index (χ0) is 28.3. The highest BCUT2D eigenvalue weighted by molar-refractivity contribution is 6.05. The summed E-state index contributed by atoms with van der Waals surface area (Å²) >= 11 is 0. The van der Waals surface area contributed by atoms with Gasteiger partial charge < -0.3 is 20.3 Å². The van der Waals surface area contributed by atoms with Crippen molar-refractivity contribution in [3.8, 4) is 17.2 Å². The number of amides is 1. The molecule has 2 aliphatic rings. The van der Waals surface area contributed by atoms with Crippen LogP contribution >= 0.6 is 0 Å². The van der Waals surface area contributed by atoms with Gasteiger partial charge in [-0.1, -0.05) is 12.1 Å². The summed E-state index contributed by atoms with van der Waals surface area (Å²) in [5.74, 6) is 0.326. The zero-order valence-electron chi connectivity index (χ0n) is 23.1. The third kappa shape index (κ3) is 5.77. The molecule has 0 bridgehead atoms. The van der Waals surface area contributed by atoms with Crippen LogP contribution in [0.15, 0.2) is 67.1 Å². The van der Waals surface area contributed by atoms with E-state index in [4.69, 9.17) is 4.74 Å². The Kier molecular flexibility index (Phi) is 7.62. The van der Waals surface area contributed by atoms with Gasteiger partial charge >= 0.3 is 0 Å². The van der Waals surface area contributed by atoms with Gasteiger partial charge in [0.1, 0.15) is 5.75 Å². The lowest BCUT2D eigenvalue weighted by molar-refractivity contribution is 0.102. The molecule has 3 heterocycles. The van der Waals surface area contributed by atoms with Crippen LogP contribution in [0.2, 0.25) is 0 Å². The number of rotatable bonds is 9. The average molecular weight is 557 g/mol. The molecule has 2 aromatic carbocycles. The molecule has 1 saturated carbocycles. The molecule has 0 spiro atoms. The van der Waals surface area contributed by atoms with E-state index in [1.807, 2.05) is 19.2 Å². The van der Waals surface area contributed by atoms with Crippen LogP contribution in [0, 0.1) is 5.82 Å². The number of anilines is 2. The smallest absolute Gasteiger partial charge is 0.276 e. The summed E-state index contributed by atoms with van der Waals surface area (Å²) in [5.41, 5.74) is 3.61. The molecule has 10 nitrogen and oxygen atoms in total. The number of hydrogen-bond acceptors (Lipinski definition) is 8. The van der Waals surface area contributed by atoms with Crippen LogP contribution in [0.5, 0.6) is 11.5 Å². The number of benzene rings is 2. The van der Waals surface area contributed by atoms with E-state index in [-0.39, 0.29) is 29.3 Å². The Morgan fingerprint density at radius 2 is 1.93 bits per heavy atom. The third-order valence-electron chi connectivity index (χ3n) is 7.66. The number of piperazine rings is 1. The fourth-order valence-corrected chi connectivity index (χ4v) is 5.33. The first-order valence-corrected chi connectivity index (χ1v) is 13.8. The molecule has 1 aliphatic heterocycles. The topological polar surface area (TPSA) is 100 Å². The van der Waals surface area contributed by atoms with Gasteiger partial charge in [0.2, 0.25) is 0 Å².